The lowest BCUT2D eigenvalue weighted by molar-refractivity contribution is -0.0123. The van der Waals surface area contributed by atoms with E-state index in [0.717, 1.165) is 19.3 Å². The molecule has 2 aromatic rings. The minimum Gasteiger partial charge on any atom is -0.473 e. The minimum absolute atomic E-state index is 0.0153. The number of nitrogens with zero attached hydrogens (tertiary/aromatic N) is 4. The van der Waals surface area contributed by atoms with Crippen LogP contribution in [0.15, 0.2) is 23.5 Å². The van der Waals surface area contributed by atoms with E-state index in [2.05, 4.69) is 20.2 Å². The van der Waals surface area contributed by atoms with Gasteiger partial charge in [-0.05, 0) is 26.7 Å². The van der Waals surface area contributed by atoms with E-state index < -0.39 is 10.0 Å². The number of nitrogens with one attached hydrogen (secondary N) is 1. The van der Waals surface area contributed by atoms with Crippen molar-refractivity contribution >= 4 is 10.0 Å². The van der Waals surface area contributed by atoms with E-state index in [4.69, 9.17) is 4.74 Å². The number of hydrogen-bond acceptors (Lipinski definition) is 6. The van der Waals surface area contributed by atoms with E-state index in [1.807, 2.05) is 0 Å². The van der Waals surface area contributed by atoms with Crippen molar-refractivity contribution in [1.29, 1.82) is 0 Å². The van der Waals surface area contributed by atoms with Crippen LogP contribution in [-0.2, 0) is 10.0 Å². The summed E-state index contributed by atoms with van der Waals surface area (Å²) in [5.41, 5.74) is 1.11. The predicted molar refractivity (Wildman–Crippen MR) is 94.1 cm³/mol. The third kappa shape index (κ3) is 2.99. The van der Waals surface area contributed by atoms with Crippen LogP contribution < -0.4 is 4.74 Å². The number of ether oxygens (including phenoxy) is 1. The first-order valence-electron chi connectivity index (χ1n) is 8.91. The molecule has 0 radical (unpaired) electrons. The van der Waals surface area contributed by atoms with E-state index in [0.29, 0.717) is 35.3 Å². The molecule has 1 aliphatic heterocycles. The van der Waals surface area contributed by atoms with Crippen molar-refractivity contribution in [2.24, 2.45) is 11.8 Å². The fourth-order valence-corrected chi connectivity index (χ4v) is 6.15. The molecule has 140 valence electrons. The van der Waals surface area contributed by atoms with Crippen molar-refractivity contribution in [3.8, 4) is 5.88 Å². The predicted octanol–water partition coefficient (Wildman–Crippen LogP) is 1.68. The molecule has 2 bridgehead atoms. The van der Waals surface area contributed by atoms with Gasteiger partial charge in [0.25, 0.3) is 0 Å². The zero-order valence-corrected chi connectivity index (χ0v) is 15.7. The van der Waals surface area contributed by atoms with Crippen LogP contribution >= 0.6 is 0 Å². The summed E-state index contributed by atoms with van der Waals surface area (Å²) in [6.07, 6.45) is 7.82. The summed E-state index contributed by atoms with van der Waals surface area (Å²) in [6.45, 7) is 4.40. The molecule has 3 heterocycles. The molecule has 0 spiro atoms. The SMILES string of the molecule is Cc1n[nH]c(C)c1S(=O)(=O)N1C[C@H]2CCC[C@@H](C1)[C@@H]2Oc1cnccn1. The van der Waals surface area contributed by atoms with Crippen LogP contribution in [0.2, 0.25) is 0 Å². The first kappa shape index (κ1) is 17.4. The number of piperidine rings is 1. The Labute approximate surface area is 153 Å². The standard InChI is InChI=1S/C17H23N5O3S/c1-11-17(12(2)21-20-11)26(23,24)22-9-13-4-3-5-14(10-22)16(13)25-15-8-18-6-7-19-15/h6-8,13-14,16H,3-5,9-10H2,1-2H3,(H,20,21)/t13-,14+,16-. The van der Waals surface area contributed by atoms with Crippen molar-refractivity contribution in [2.45, 2.75) is 44.1 Å². The molecule has 4 rings (SSSR count). The molecule has 0 aromatic carbocycles. The second-order valence-electron chi connectivity index (χ2n) is 7.16. The van der Waals surface area contributed by atoms with Crippen LogP contribution in [-0.4, -0.2) is 52.1 Å². The van der Waals surface area contributed by atoms with Gasteiger partial charge in [-0.25, -0.2) is 13.4 Å². The highest BCUT2D eigenvalue weighted by molar-refractivity contribution is 7.89. The van der Waals surface area contributed by atoms with Gasteiger partial charge in [-0.3, -0.25) is 10.1 Å². The van der Waals surface area contributed by atoms with Gasteiger partial charge >= 0.3 is 0 Å². The quantitative estimate of drug-likeness (QED) is 0.870. The van der Waals surface area contributed by atoms with Gasteiger partial charge in [0.15, 0.2) is 0 Å². The summed E-state index contributed by atoms with van der Waals surface area (Å²) in [5.74, 6) is 0.825. The maximum atomic E-state index is 13.2. The molecule has 1 aliphatic carbocycles. The first-order chi connectivity index (χ1) is 12.5. The Hall–Kier alpha value is -2.00. The van der Waals surface area contributed by atoms with Gasteiger partial charge < -0.3 is 4.74 Å². The Kier molecular flexibility index (Phi) is 4.44. The highest BCUT2D eigenvalue weighted by Crippen LogP contribution is 2.39. The van der Waals surface area contributed by atoms with Crippen molar-refractivity contribution in [3.63, 3.8) is 0 Å². The number of sulfonamides is 1. The van der Waals surface area contributed by atoms with Crippen molar-refractivity contribution in [3.05, 3.63) is 30.0 Å². The molecule has 3 atom stereocenters. The highest BCUT2D eigenvalue weighted by Gasteiger charge is 2.45. The van der Waals surface area contributed by atoms with Crippen LogP contribution in [0.4, 0.5) is 0 Å². The lowest BCUT2D eigenvalue weighted by Crippen LogP contribution is -2.55. The number of H-pyrrole nitrogens is 1. The molecule has 1 saturated heterocycles. The van der Waals surface area contributed by atoms with Gasteiger partial charge in [-0.15, -0.1) is 0 Å². The van der Waals surface area contributed by atoms with Crippen LogP contribution in [0, 0.1) is 25.7 Å². The van der Waals surface area contributed by atoms with Crippen molar-refractivity contribution < 1.29 is 13.2 Å². The van der Waals surface area contributed by atoms with E-state index in [-0.39, 0.29) is 17.9 Å². The fraction of sp³-hybridized carbons (Fsp3) is 0.588. The van der Waals surface area contributed by atoms with Crippen LogP contribution in [0.1, 0.15) is 30.7 Å². The summed E-state index contributed by atoms with van der Waals surface area (Å²) in [4.78, 5) is 8.56. The van der Waals surface area contributed by atoms with E-state index in [1.165, 1.54) is 0 Å². The van der Waals surface area contributed by atoms with Gasteiger partial charge in [0.1, 0.15) is 11.0 Å². The Morgan fingerprint density at radius 1 is 1.19 bits per heavy atom. The zero-order chi connectivity index (χ0) is 18.3. The van der Waals surface area contributed by atoms with E-state index >= 15 is 0 Å². The first-order valence-corrected chi connectivity index (χ1v) is 10.3. The summed E-state index contributed by atoms with van der Waals surface area (Å²) in [5, 5.41) is 6.83. The molecule has 8 nitrogen and oxygen atoms in total. The van der Waals surface area contributed by atoms with Gasteiger partial charge in [-0.1, -0.05) is 6.42 Å². The summed E-state index contributed by atoms with van der Waals surface area (Å²) < 4.78 is 34.1. The smallest absolute Gasteiger partial charge is 0.246 e. The molecule has 1 saturated carbocycles. The number of fused-ring (bicyclic) bond motifs is 2. The molecule has 0 unspecified atom stereocenters. The average molecular weight is 377 g/mol. The molecule has 2 aliphatic rings. The van der Waals surface area contributed by atoms with Gasteiger partial charge in [0.05, 0.1) is 17.6 Å². The van der Waals surface area contributed by atoms with E-state index in [1.54, 1.807) is 36.7 Å². The number of aryl methyl sites for hydroxylation is 2. The van der Waals surface area contributed by atoms with Crippen molar-refractivity contribution in [2.75, 3.05) is 13.1 Å². The third-order valence-electron chi connectivity index (χ3n) is 5.41. The average Bonchev–Trinajstić information content (AvgIpc) is 2.94. The molecule has 26 heavy (non-hydrogen) atoms. The molecular weight excluding hydrogens is 354 g/mol. The van der Waals surface area contributed by atoms with Gasteiger partial charge in [0.2, 0.25) is 15.9 Å². The molecule has 9 heteroatoms. The maximum Gasteiger partial charge on any atom is 0.246 e. The number of aromatic amines is 1. The maximum absolute atomic E-state index is 13.2. The highest BCUT2D eigenvalue weighted by atomic mass is 32.2. The molecular formula is C17H23N5O3S. The summed E-state index contributed by atoms with van der Waals surface area (Å²) in [6, 6.07) is 0. The molecule has 2 fully saturated rings. The zero-order valence-electron chi connectivity index (χ0n) is 14.9. The Balaban J connectivity index is 1.58. The minimum atomic E-state index is -3.56. The van der Waals surface area contributed by atoms with Gasteiger partial charge in [-0.2, -0.15) is 9.40 Å². The Morgan fingerprint density at radius 3 is 2.50 bits per heavy atom. The number of rotatable bonds is 4. The molecule has 1 N–H and O–H groups in total. The second-order valence-corrected chi connectivity index (χ2v) is 9.04. The van der Waals surface area contributed by atoms with Crippen LogP contribution in [0.3, 0.4) is 0 Å². The second kappa shape index (κ2) is 6.62. The normalized spacial score (nSPS) is 26.6. The lowest BCUT2D eigenvalue weighted by atomic mass is 9.76. The largest absolute Gasteiger partial charge is 0.473 e. The van der Waals surface area contributed by atoms with Crippen LogP contribution in [0.5, 0.6) is 5.88 Å². The number of aromatic nitrogens is 4. The van der Waals surface area contributed by atoms with Crippen molar-refractivity contribution in [1.82, 2.24) is 24.5 Å². The monoisotopic (exact) mass is 377 g/mol. The Bertz CT molecular complexity index is 850. The molecule has 0 amide bonds. The van der Waals surface area contributed by atoms with E-state index in [9.17, 15) is 8.42 Å². The summed E-state index contributed by atoms with van der Waals surface area (Å²) in [7, 11) is -3.56. The summed E-state index contributed by atoms with van der Waals surface area (Å²) >= 11 is 0. The number of hydrogen-bond donors (Lipinski definition) is 1. The van der Waals surface area contributed by atoms with Gasteiger partial charge in [0, 0.05) is 37.3 Å². The third-order valence-corrected chi connectivity index (χ3v) is 7.51. The fourth-order valence-electron chi connectivity index (χ4n) is 4.27. The molecule has 2 aromatic heterocycles. The Morgan fingerprint density at radius 2 is 1.92 bits per heavy atom. The van der Waals surface area contributed by atoms with Crippen LogP contribution in [0.25, 0.3) is 0 Å². The topological polar surface area (TPSA) is 101 Å². The lowest BCUT2D eigenvalue weighted by Gasteiger charge is -2.46.